The van der Waals surface area contributed by atoms with E-state index in [4.69, 9.17) is 28.1 Å². The van der Waals surface area contributed by atoms with Crippen molar-refractivity contribution in [3.8, 4) is 0 Å². The van der Waals surface area contributed by atoms with Crippen molar-refractivity contribution in [2.24, 2.45) is 0 Å². The molecular formula is CaKNaO6Si2. The molecule has 0 aromatic carbocycles. The van der Waals surface area contributed by atoms with Crippen LogP contribution in [-0.2, 0) is 8.92 Å². The van der Waals surface area contributed by atoms with Crippen LogP contribution in [0, 0.1) is 0 Å². The van der Waals surface area contributed by atoms with Gasteiger partial charge in [0.2, 0.25) is 0 Å². The third-order valence-electron chi connectivity index (χ3n) is 0. The topological polar surface area (TPSA) is 126 Å². The smallest absolute Gasteiger partial charge is 0.672 e. The van der Waals surface area contributed by atoms with E-state index in [1.54, 1.807) is 0 Å². The molecule has 0 heterocycles. The van der Waals surface area contributed by atoms with Gasteiger partial charge in [0, 0.05) is 18.3 Å². The molecule has 0 aromatic rings. The molecule has 0 aliphatic rings. The van der Waals surface area contributed by atoms with E-state index in [1.807, 2.05) is 0 Å². The molecule has 0 aromatic heterocycles. The molecule has 0 aliphatic heterocycles. The zero-order chi connectivity index (χ0) is 7.15. The van der Waals surface area contributed by atoms with E-state index < -0.39 is 18.3 Å². The van der Waals surface area contributed by atoms with Crippen LogP contribution < -0.4 is 100 Å². The summed E-state index contributed by atoms with van der Waals surface area (Å²) in [5, 5.41) is 0. The van der Waals surface area contributed by atoms with Gasteiger partial charge in [-0.2, -0.15) is 0 Å². The van der Waals surface area contributed by atoms with E-state index in [2.05, 4.69) is 0 Å². The van der Waals surface area contributed by atoms with Crippen molar-refractivity contribution >= 4 is 56.1 Å². The Hall–Kier alpha value is 3.13. The largest absolute Gasteiger partial charge is 2.00 e. The average molecular weight is 254 g/mol. The summed E-state index contributed by atoms with van der Waals surface area (Å²) in [4.78, 5) is 34.1. The molecule has 0 rings (SSSR count). The van der Waals surface area contributed by atoms with E-state index in [0.717, 1.165) is 0 Å². The van der Waals surface area contributed by atoms with Crippen LogP contribution in [0.5, 0.6) is 0 Å². The van der Waals surface area contributed by atoms with Gasteiger partial charge in [-0.1, -0.05) is 0 Å². The Labute approximate surface area is 161 Å². The molecule has 0 radical (unpaired) electrons. The molecule has 11 heteroatoms. The van der Waals surface area contributed by atoms with Gasteiger partial charge in [-0.25, -0.2) is 0 Å². The van der Waals surface area contributed by atoms with Gasteiger partial charge in [0.25, 0.3) is 0 Å². The fraction of sp³-hybridized carbons (Fsp3) is 0. The van der Waals surface area contributed by atoms with Crippen LogP contribution in [0.15, 0.2) is 0 Å². The summed E-state index contributed by atoms with van der Waals surface area (Å²) in [6.07, 6.45) is 0. The molecule has 0 unspecified atom stereocenters. The first-order chi connectivity index (χ1) is 3.46. The quantitative estimate of drug-likeness (QED) is 0.395. The molecule has 0 amide bonds. The van der Waals surface area contributed by atoms with Crippen molar-refractivity contribution in [1.82, 2.24) is 0 Å². The van der Waals surface area contributed by atoms with Crippen molar-refractivity contribution in [3.05, 3.63) is 0 Å². The zero-order valence-corrected chi connectivity index (χ0v) is 15.5. The molecule has 0 saturated carbocycles. The monoisotopic (exact) mass is 254 g/mol. The van der Waals surface area contributed by atoms with Crippen LogP contribution in [0.3, 0.4) is 0 Å². The minimum absolute atomic E-state index is 0. The number of hydrogen-bond donors (Lipinski definition) is 0. The van der Waals surface area contributed by atoms with Crippen LogP contribution >= 0.6 is 0 Å². The van der Waals surface area contributed by atoms with Crippen molar-refractivity contribution in [2.45, 2.75) is 0 Å². The summed E-state index contributed by atoms with van der Waals surface area (Å²) in [6.45, 7) is 0. The number of hydrogen-bond acceptors (Lipinski definition) is 6. The molecular weight excluding hydrogens is 254 g/mol. The fourth-order valence-corrected chi connectivity index (χ4v) is 0. The summed E-state index contributed by atoms with van der Waals surface area (Å²) in [5.41, 5.74) is 0. The van der Waals surface area contributed by atoms with Gasteiger partial charge in [0.1, 0.15) is 0 Å². The fourth-order valence-electron chi connectivity index (χ4n) is 0. The molecule has 0 atom stereocenters. The molecule has 48 valence electrons. The maximum Gasteiger partial charge on any atom is 2.00 e. The van der Waals surface area contributed by atoms with E-state index in [9.17, 15) is 0 Å². The summed E-state index contributed by atoms with van der Waals surface area (Å²) in [6, 6.07) is 0. The first-order valence-corrected chi connectivity index (χ1v) is 3.67. The Morgan fingerprint density at radius 1 is 0.818 bits per heavy atom. The average Bonchev–Trinajstić information content (AvgIpc) is 1.25. The summed E-state index contributed by atoms with van der Waals surface area (Å²) < 4.78 is 17.0. The van der Waals surface area contributed by atoms with Crippen molar-refractivity contribution in [1.29, 1.82) is 0 Å². The minimum atomic E-state index is -3.63. The third-order valence-corrected chi connectivity index (χ3v) is 0. The van der Waals surface area contributed by atoms with Gasteiger partial charge in [0.05, 0.1) is 0 Å². The molecule has 0 bridgehead atoms. The van der Waals surface area contributed by atoms with Gasteiger partial charge >= 0.3 is 119 Å². The minimum Gasteiger partial charge on any atom is -0.672 e. The molecule has 0 spiro atoms. The molecule has 6 nitrogen and oxygen atoms in total. The Morgan fingerprint density at radius 3 is 0.818 bits per heavy atom. The van der Waals surface area contributed by atoms with Crippen molar-refractivity contribution < 1.29 is 109 Å². The summed E-state index contributed by atoms with van der Waals surface area (Å²) in [5.74, 6) is 0. The second kappa shape index (κ2) is 23.2. The van der Waals surface area contributed by atoms with Crippen LogP contribution in [0.1, 0.15) is 0 Å². The van der Waals surface area contributed by atoms with E-state index in [1.165, 1.54) is 0 Å². The normalized spacial score (nSPS) is 4.36. The van der Waals surface area contributed by atoms with Crippen LogP contribution in [0.2, 0.25) is 0 Å². The summed E-state index contributed by atoms with van der Waals surface area (Å²) in [7, 11) is -7.26. The predicted molar refractivity (Wildman–Crippen MR) is 18.6 cm³/mol. The van der Waals surface area contributed by atoms with Crippen molar-refractivity contribution in [2.75, 3.05) is 0 Å². The SMILES string of the molecule is O=[Si]([O-])[O-].O=[Si]([O-])[O-].[Ca+2].[K+].[Na+]. The van der Waals surface area contributed by atoms with Gasteiger partial charge in [-0.15, -0.1) is 0 Å². The van der Waals surface area contributed by atoms with E-state index in [-0.39, 0.29) is 119 Å². The van der Waals surface area contributed by atoms with E-state index >= 15 is 0 Å². The standard InChI is InChI=1S/Ca.K.Na.2O3Si/c;;;2*1-4(2)3/q+2;2*+1;2*-2. The number of rotatable bonds is 0. The van der Waals surface area contributed by atoms with Gasteiger partial charge < -0.3 is 28.1 Å². The Kier molecular flexibility index (Phi) is 61.6. The maximum atomic E-state index is 8.52. The molecule has 0 saturated heterocycles. The van der Waals surface area contributed by atoms with Crippen LogP contribution in [0.4, 0.5) is 0 Å². The van der Waals surface area contributed by atoms with Gasteiger partial charge in [0.15, 0.2) is 0 Å². The Balaban J connectivity index is -0.0000000171. The van der Waals surface area contributed by atoms with Gasteiger partial charge in [-0.3, -0.25) is 0 Å². The molecule has 11 heavy (non-hydrogen) atoms. The first kappa shape index (κ1) is 29.2. The second-order valence-electron chi connectivity index (χ2n) is 0.500. The second-order valence-corrected chi connectivity index (χ2v) is 1.50. The zero-order valence-electron chi connectivity index (χ0n) is 6.16. The third kappa shape index (κ3) is 166. The first-order valence-electron chi connectivity index (χ1n) is 1.22. The molecule has 0 fully saturated rings. The van der Waals surface area contributed by atoms with E-state index in [0.29, 0.717) is 0 Å². The van der Waals surface area contributed by atoms with Crippen molar-refractivity contribution in [3.63, 3.8) is 0 Å². The van der Waals surface area contributed by atoms with Crippen LogP contribution in [0.25, 0.3) is 0 Å². The summed E-state index contributed by atoms with van der Waals surface area (Å²) >= 11 is 0. The predicted octanol–water partition coefficient (Wildman–Crippen LogP) is -12.1. The molecule has 0 aliphatic carbocycles. The van der Waals surface area contributed by atoms with Gasteiger partial charge in [-0.05, 0) is 0 Å². The van der Waals surface area contributed by atoms with Crippen LogP contribution in [-0.4, -0.2) is 56.1 Å². The maximum absolute atomic E-state index is 8.52. The Morgan fingerprint density at radius 2 is 0.818 bits per heavy atom. The Bertz CT molecular complexity index is 78.6. The molecule has 0 N–H and O–H groups in total.